The highest BCUT2D eigenvalue weighted by Gasteiger charge is 2.42. The molecule has 0 aliphatic carbocycles. The first kappa shape index (κ1) is 14.9. The lowest BCUT2D eigenvalue weighted by Crippen LogP contribution is -2.24. The summed E-state index contributed by atoms with van der Waals surface area (Å²) in [5, 5.41) is 18.6. The van der Waals surface area contributed by atoms with Gasteiger partial charge in [0.05, 0.1) is 24.3 Å². The fourth-order valence-electron chi connectivity index (χ4n) is 2.96. The number of methoxy groups -OCH3 is 1. The number of aromatic nitrogens is 3. The molecule has 22 heavy (non-hydrogen) atoms. The van der Waals surface area contributed by atoms with E-state index >= 15 is 0 Å². The van der Waals surface area contributed by atoms with Crippen molar-refractivity contribution in [2.75, 3.05) is 7.11 Å². The minimum atomic E-state index is -0.670. The van der Waals surface area contributed by atoms with Crippen molar-refractivity contribution in [3.8, 4) is 0 Å². The Kier molecular flexibility index (Phi) is 3.84. The highest BCUT2D eigenvalue weighted by atomic mass is 16.5. The second-order valence-corrected chi connectivity index (χ2v) is 5.52. The van der Waals surface area contributed by atoms with Gasteiger partial charge in [-0.2, -0.15) is 0 Å². The lowest BCUT2D eigenvalue weighted by Gasteiger charge is -2.15. The van der Waals surface area contributed by atoms with E-state index in [1.807, 2.05) is 13.8 Å². The van der Waals surface area contributed by atoms with Crippen LogP contribution in [-0.4, -0.2) is 45.4 Å². The van der Waals surface area contributed by atoms with E-state index in [0.29, 0.717) is 16.6 Å². The Labute approximate surface area is 127 Å². The molecule has 1 fully saturated rings. The van der Waals surface area contributed by atoms with E-state index in [4.69, 9.17) is 9.47 Å². The van der Waals surface area contributed by atoms with Crippen molar-refractivity contribution >= 4 is 17.0 Å². The highest BCUT2D eigenvalue weighted by molar-refractivity contribution is 6.01. The van der Waals surface area contributed by atoms with Crippen LogP contribution in [0.25, 0.3) is 11.0 Å². The van der Waals surface area contributed by atoms with Gasteiger partial charge in [0.1, 0.15) is 11.6 Å². The Balaban J connectivity index is 2.04. The van der Waals surface area contributed by atoms with E-state index in [1.54, 1.807) is 22.9 Å². The third kappa shape index (κ3) is 2.17. The quantitative estimate of drug-likeness (QED) is 0.865. The predicted octanol–water partition coefficient (Wildman–Crippen LogP) is 1.52. The Hall–Kier alpha value is -1.99. The monoisotopic (exact) mass is 305 g/mol. The summed E-state index contributed by atoms with van der Waals surface area (Å²) >= 11 is 0. The molecule has 7 nitrogen and oxygen atoms in total. The zero-order valence-corrected chi connectivity index (χ0v) is 12.8. The number of benzene rings is 1. The van der Waals surface area contributed by atoms with Crippen LogP contribution < -0.4 is 0 Å². The van der Waals surface area contributed by atoms with E-state index < -0.39 is 18.3 Å². The molecule has 3 rings (SSSR count). The summed E-state index contributed by atoms with van der Waals surface area (Å²) in [6.07, 6.45) is -0.480. The van der Waals surface area contributed by atoms with E-state index in [2.05, 4.69) is 10.3 Å². The molecule has 0 unspecified atom stereocenters. The van der Waals surface area contributed by atoms with Gasteiger partial charge in [0.25, 0.3) is 0 Å². The molecule has 0 spiro atoms. The zero-order chi connectivity index (χ0) is 15.9. The number of ether oxygens (including phenoxy) is 2. The molecule has 0 saturated carbocycles. The predicted molar refractivity (Wildman–Crippen MR) is 78.2 cm³/mol. The Morgan fingerprint density at radius 1 is 1.50 bits per heavy atom. The first-order chi connectivity index (χ1) is 10.6. The molecule has 4 atom stereocenters. The Morgan fingerprint density at radius 3 is 2.91 bits per heavy atom. The van der Waals surface area contributed by atoms with Crippen LogP contribution in [0.3, 0.4) is 0 Å². The number of hydrogen-bond acceptors (Lipinski definition) is 6. The molecule has 2 aromatic rings. The maximum absolute atomic E-state index is 11.8. The normalized spacial score (nSPS) is 28.2. The topological polar surface area (TPSA) is 86.5 Å². The van der Waals surface area contributed by atoms with Crippen LogP contribution in [0, 0.1) is 5.92 Å². The molecular formula is C15H19N3O4. The number of fused-ring (bicyclic) bond motifs is 1. The van der Waals surface area contributed by atoms with E-state index in [9.17, 15) is 9.90 Å². The fourth-order valence-corrected chi connectivity index (χ4v) is 2.96. The van der Waals surface area contributed by atoms with Gasteiger partial charge in [-0.1, -0.05) is 25.1 Å². The van der Waals surface area contributed by atoms with Gasteiger partial charge in [-0.3, -0.25) is 0 Å². The van der Waals surface area contributed by atoms with Crippen molar-refractivity contribution in [1.29, 1.82) is 0 Å². The number of aliphatic hydroxyl groups is 1. The summed E-state index contributed by atoms with van der Waals surface area (Å²) in [5.41, 5.74) is 1.42. The van der Waals surface area contributed by atoms with Gasteiger partial charge in [0.2, 0.25) is 0 Å². The van der Waals surface area contributed by atoms with E-state index in [-0.39, 0.29) is 12.0 Å². The van der Waals surface area contributed by atoms with Gasteiger partial charge in [-0.25, -0.2) is 9.48 Å². The van der Waals surface area contributed by atoms with Crippen LogP contribution in [0.5, 0.6) is 0 Å². The summed E-state index contributed by atoms with van der Waals surface area (Å²) in [6, 6.07) is 5.16. The summed E-state index contributed by atoms with van der Waals surface area (Å²) in [4.78, 5) is 11.8. The maximum atomic E-state index is 11.8. The smallest absolute Gasteiger partial charge is 0.340 e. The average Bonchev–Trinajstić information content (AvgIpc) is 3.08. The second kappa shape index (κ2) is 5.66. The number of carbonyl (C=O) groups is 1. The first-order valence-corrected chi connectivity index (χ1v) is 7.34. The van der Waals surface area contributed by atoms with Gasteiger partial charge in [0.15, 0.2) is 6.23 Å². The Bertz CT molecular complexity index is 699. The van der Waals surface area contributed by atoms with E-state index in [0.717, 1.165) is 6.42 Å². The SMILES string of the molecule is CC[C@H]1O[C@@H](n2nnc3c(C(=O)OC)cccc32)[C@H](O)[C@@H]1C. The first-order valence-electron chi connectivity index (χ1n) is 7.34. The molecule has 2 heterocycles. The van der Waals surface area contributed by atoms with Gasteiger partial charge >= 0.3 is 5.97 Å². The number of esters is 1. The van der Waals surface area contributed by atoms with Crippen molar-refractivity contribution in [2.45, 2.75) is 38.7 Å². The molecule has 0 radical (unpaired) electrons. The largest absolute Gasteiger partial charge is 0.465 e. The summed E-state index contributed by atoms with van der Waals surface area (Å²) < 4.78 is 12.2. The molecule has 118 valence electrons. The third-order valence-electron chi connectivity index (χ3n) is 4.28. The molecule has 1 aromatic carbocycles. The molecule has 7 heteroatoms. The standard InChI is InChI=1S/C15H19N3O4/c1-4-11-8(2)13(19)14(22-11)18-10-7-5-6-9(15(20)21-3)12(10)16-17-18/h5-8,11,13-14,19H,4H2,1-3H3/t8-,11-,13-,14-/m1/s1. The minimum absolute atomic E-state index is 0.0121. The number of aliphatic hydroxyl groups excluding tert-OH is 1. The van der Waals surface area contributed by atoms with Gasteiger partial charge in [-0.05, 0) is 18.6 Å². The van der Waals surface area contributed by atoms with Crippen LogP contribution in [-0.2, 0) is 9.47 Å². The average molecular weight is 305 g/mol. The Morgan fingerprint density at radius 2 is 2.27 bits per heavy atom. The highest BCUT2D eigenvalue weighted by Crippen LogP contribution is 2.36. The zero-order valence-electron chi connectivity index (χ0n) is 12.8. The molecule has 1 aromatic heterocycles. The molecule has 0 amide bonds. The van der Waals surface area contributed by atoms with Crippen LogP contribution in [0.15, 0.2) is 18.2 Å². The van der Waals surface area contributed by atoms with Gasteiger partial charge in [-0.15, -0.1) is 5.10 Å². The lowest BCUT2D eigenvalue weighted by atomic mass is 9.99. The maximum Gasteiger partial charge on any atom is 0.340 e. The van der Waals surface area contributed by atoms with Crippen LogP contribution in [0.4, 0.5) is 0 Å². The van der Waals surface area contributed by atoms with Crippen molar-refractivity contribution in [3.05, 3.63) is 23.8 Å². The number of rotatable bonds is 3. The number of nitrogens with zero attached hydrogens (tertiary/aromatic N) is 3. The molecule has 1 aliphatic rings. The fraction of sp³-hybridized carbons (Fsp3) is 0.533. The number of carbonyl (C=O) groups excluding carboxylic acids is 1. The minimum Gasteiger partial charge on any atom is -0.465 e. The lowest BCUT2D eigenvalue weighted by molar-refractivity contribution is -0.0432. The van der Waals surface area contributed by atoms with Crippen LogP contribution in [0.1, 0.15) is 36.9 Å². The molecule has 1 N–H and O–H groups in total. The summed E-state index contributed by atoms with van der Waals surface area (Å²) in [6.45, 7) is 3.98. The van der Waals surface area contributed by atoms with Crippen molar-refractivity contribution in [3.63, 3.8) is 0 Å². The molecule has 1 saturated heterocycles. The second-order valence-electron chi connectivity index (χ2n) is 5.52. The third-order valence-corrected chi connectivity index (χ3v) is 4.28. The molecule has 0 bridgehead atoms. The van der Waals surface area contributed by atoms with Crippen molar-refractivity contribution in [1.82, 2.24) is 15.0 Å². The van der Waals surface area contributed by atoms with Crippen LogP contribution >= 0.6 is 0 Å². The molecular weight excluding hydrogens is 286 g/mol. The van der Waals surface area contributed by atoms with Crippen LogP contribution in [0.2, 0.25) is 0 Å². The van der Waals surface area contributed by atoms with Crippen molar-refractivity contribution in [2.24, 2.45) is 5.92 Å². The van der Waals surface area contributed by atoms with Crippen molar-refractivity contribution < 1.29 is 19.4 Å². The van der Waals surface area contributed by atoms with Gasteiger partial charge < -0.3 is 14.6 Å². The summed E-state index contributed by atoms with van der Waals surface area (Å²) in [7, 11) is 1.32. The number of hydrogen-bond donors (Lipinski definition) is 1. The molecule has 1 aliphatic heterocycles. The van der Waals surface area contributed by atoms with E-state index in [1.165, 1.54) is 7.11 Å². The summed E-state index contributed by atoms with van der Waals surface area (Å²) in [5.74, 6) is -0.455. The van der Waals surface area contributed by atoms with Gasteiger partial charge in [0, 0.05) is 5.92 Å².